The van der Waals surface area contributed by atoms with Crippen molar-refractivity contribution in [3.05, 3.63) is 31.9 Å². The van der Waals surface area contributed by atoms with Gasteiger partial charge in [0.15, 0.2) is 5.69 Å². The van der Waals surface area contributed by atoms with Crippen molar-refractivity contribution in [3.63, 3.8) is 0 Å². The monoisotopic (exact) mass is 418 g/mol. The zero-order valence-electron chi connectivity index (χ0n) is 12.3. The Morgan fingerprint density at radius 2 is 2.17 bits per heavy atom. The first-order chi connectivity index (χ1) is 11.2. The largest absolute Gasteiger partial charge is 0.436 e. The molecular formula is C14H10BrF3N4OS. The van der Waals surface area contributed by atoms with Crippen molar-refractivity contribution in [1.29, 1.82) is 5.26 Å². The summed E-state index contributed by atoms with van der Waals surface area (Å²) in [6, 6.07) is 2.07. The van der Waals surface area contributed by atoms with Gasteiger partial charge >= 0.3 is 6.18 Å². The Morgan fingerprint density at radius 1 is 1.46 bits per heavy atom. The molecule has 0 saturated heterocycles. The SMILES string of the molecule is Cn1nc(C(F)(F)F)c(Br)c1C(=O)Nc1sc2c(c1C#N)CCC2. The molecule has 126 valence electrons. The Balaban J connectivity index is 1.95. The van der Waals surface area contributed by atoms with E-state index in [0.717, 1.165) is 34.4 Å². The van der Waals surface area contributed by atoms with Crippen LogP contribution in [0.1, 0.15) is 38.6 Å². The predicted molar refractivity (Wildman–Crippen MR) is 84.9 cm³/mol. The van der Waals surface area contributed by atoms with Crippen LogP contribution >= 0.6 is 27.3 Å². The van der Waals surface area contributed by atoms with Crippen LogP contribution in [-0.2, 0) is 26.1 Å². The van der Waals surface area contributed by atoms with Crippen LogP contribution < -0.4 is 5.32 Å². The molecule has 0 atom stereocenters. The lowest BCUT2D eigenvalue weighted by molar-refractivity contribution is -0.142. The average molecular weight is 419 g/mol. The molecule has 24 heavy (non-hydrogen) atoms. The Bertz CT molecular complexity index is 878. The van der Waals surface area contributed by atoms with Crippen molar-refractivity contribution >= 4 is 38.2 Å². The van der Waals surface area contributed by atoms with Crippen LogP contribution in [0.4, 0.5) is 18.2 Å². The van der Waals surface area contributed by atoms with Gasteiger partial charge in [-0.2, -0.15) is 23.5 Å². The van der Waals surface area contributed by atoms with Crippen LogP contribution in [0.3, 0.4) is 0 Å². The van der Waals surface area contributed by atoms with E-state index in [9.17, 15) is 23.2 Å². The average Bonchev–Trinajstić information content (AvgIpc) is 3.11. The third-order valence-corrected chi connectivity index (χ3v) is 5.69. The highest BCUT2D eigenvalue weighted by Gasteiger charge is 2.39. The topological polar surface area (TPSA) is 70.7 Å². The second-order valence-corrected chi connectivity index (χ2v) is 7.16. The van der Waals surface area contributed by atoms with Gasteiger partial charge in [-0.1, -0.05) is 0 Å². The second-order valence-electron chi connectivity index (χ2n) is 5.26. The van der Waals surface area contributed by atoms with Gasteiger partial charge in [-0.25, -0.2) is 0 Å². The lowest BCUT2D eigenvalue weighted by Crippen LogP contribution is -2.16. The number of alkyl halides is 3. The summed E-state index contributed by atoms with van der Waals surface area (Å²) in [4.78, 5) is 13.5. The van der Waals surface area contributed by atoms with Gasteiger partial charge in [0.1, 0.15) is 16.8 Å². The second kappa shape index (κ2) is 5.89. The van der Waals surface area contributed by atoms with E-state index in [2.05, 4.69) is 32.4 Å². The highest BCUT2D eigenvalue weighted by molar-refractivity contribution is 9.10. The number of rotatable bonds is 2. The molecule has 0 bridgehead atoms. The molecule has 0 unspecified atom stereocenters. The Labute approximate surface area is 147 Å². The minimum absolute atomic E-state index is 0.250. The molecule has 10 heteroatoms. The molecule has 0 aromatic carbocycles. The summed E-state index contributed by atoms with van der Waals surface area (Å²) >= 11 is 4.10. The molecule has 3 rings (SSSR count). The number of carbonyl (C=O) groups is 1. The van der Waals surface area contributed by atoms with Crippen LogP contribution in [0.15, 0.2) is 4.47 Å². The minimum atomic E-state index is -4.67. The van der Waals surface area contributed by atoms with E-state index in [0.29, 0.717) is 10.6 Å². The molecule has 0 radical (unpaired) electrons. The van der Waals surface area contributed by atoms with Crippen molar-refractivity contribution in [3.8, 4) is 6.07 Å². The Morgan fingerprint density at radius 3 is 2.75 bits per heavy atom. The van der Waals surface area contributed by atoms with Gasteiger partial charge in [0.05, 0.1) is 10.0 Å². The van der Waals surface area contributed by atoms with Crippen LogP contribution in [-0.4, -0.2) is 15.7 Å². The fraction of sp³-hybridized carbons (Fsp3) is 0.357. The van der Waals surface area contributed by atoms with Crippen molar-refractivity contribution in [2.75, 3.05) is 5.32 Å². The van der Waals surface area contributed by atoms with Gasteiger partial charge in [-0.05, 0) is 40.8 Å². The van der Waals surface area contributed by atoms with E-state index in [1.54, 1.807) is 0 Å². The maximum atomic E-state index is 12.9. The summed E-state index contributed by atoms with van der Waals surface area (Å²) in [7, 11) is 1.26. The number of nitriles is 1. The number of hydrogen-bond donors (Lipinski definition) is 1. The maximum Gasteiger partial charge on any atom is 0.436 e. The molecule has 1 aliphatic rings. The lowest BCUT2D eigenvalue weighted by atomic mass is 10.1. The summed E-state index contributed by atoms with van der Waals surface area (Å²) in [6.07, 6.45) is -2.08. The number of hydrogen-bond acceptors (Lipinski definition) is 4. The smallest absolute Gasteiger partial charge is 0.311 e. The molecule has 2 aromatic heterocycles. The van der Waals surface area contributed by atoms with E-state index in [1.165, 1.54) is 18.4 Å². The fourth-order valence-corrected chi connectivity index (χ4v) is 4.67. The van der Waals surface area contributed by atoms with E-state index in [4.69, 9.17) is 0 Å². The quantitative estimate of drug-likeness (QED) is 0.804. The fourth-order valence-electron chi connectivity index (χ4n) is 2.70. The third-order valence-electron chi connectivity index (χ3n) is 3.73. The molecular weight excluding hydrogens is 409 g/mol. The van der Waals surface area contributed by atoms with Gasteiger partial charge < -0.3 is 5.32 Å². The molecule has 0 fully saturated rings. The van der Waals surface area contributed by atoms with Crippen LogP contribution in [0.5, 0.6) is 0 Å². The van der Waals surface area contributed by atoms with E-state index in [1.807, 2.05) is 0 Å². The molecule has 0 spiro atoms. The van der Waals surface area contributed by atoms with Crippen molar-refractivity contribution in [2.24, 2.45) is 7.05 Å². The van der Waals surface area contributed by atoms with Crippen molar-refractivity contribution in [1.82, 2.24) is 9.78 Å². The lowest BCUT2D eigenvalue weighted by Gasteiger charge is -2.05. The highest BCUT2D eigenvalue weighted by Crippen LogP contribution is 2.40. The van der Waals surface area contributed by atoms with Crippen LogP contribution in [0.2, 0.25) is 0 Å². The molecule has 1 amide bonds. The normalized spacial score (nSPS) is 13.7. The third kappa shape index (κ3) is 2.71. The van der Waals surface area contributed by atoms with E-state index >= 15 is 0 Å². The molecule has 5 nitrogen and oxygen atoms in total. The minimum Gasteiger partial charge on any atom is -0.311 e. The first-order valence-electron chi connectivity index (χ1n) is 6.89. The number of nitrogens with one attached hydrogen (secondary N) is 1. The van der Waals surface area contributed by atoms with Crippen LogP contribution in [0, 0.1) is 11.3 Å². The molecule has 2 aromatic rings. The van der Waals surface area contributed by atoms with Crippen LogP contribution in [0.25, 0.3) is 0 Å². The zero-order chi connectivity index (χ0) is 17.6. The summed E-state index contributed by atoms with van der Waals surface area (Å²) in [6.45, 7) is 0. The number of fused-ring (bicyclic) bond motifs is 1. The number of halogens is 4. The van der Waals surface area contributed by atoms with Crippen molar-refractivity contribution in [2.45, 2.75) is 25.4 Å². The summed E-state index contributed by atoms with van der Waals surface area (Å²) < 4.78 is 39.1. The number of thiophene rings is 1. The summed E-state index contributed by atoms with van der Waals surface area (Å²) in [5.74, 6) is -0.746. The molecule has 1 N–H and O–H groups in total. The number of aryl methyl sites for hydroxylation is 2. The molecule has 0 aliphatic heterocycles. The van der Waals surface area contributed by atoms with Gasteiger partial charge in [0.25, 0.3) is 5.91 Å². The number of carbonyl (C=O) groups excluding carboxylic acids is 1. The van der Waals surface area contributed by atoms with E-state index < -0.39 is 22.3 Å². The van der Waals surface area contributed by atoms with Crippen molar-refractivity contribution < 1.29 is 18.0 Å². The maximum absolute atomic E-state index is 12.9. The molecule has 2 heterocycles. The molecule has 0 saturated carbocycles. The first-order valence-corrected chi connectivity index (χ1v) is 8.50. The molecule has 1 aliphatic carbocycles. The van der Waals surface area contributed by atoms with Gasteiger partial charge in [-0.3, -0.25) is 9.48 Å². The number of aromatic nitrogens is 2. The zero-order valence-corrected chi connectivity index (χ0v) is 14.7. The number of nitrogens with zero attached hydrogens (tertiary/aromatic N) is 3. The van der Waals surface area contributed by atoms with E-state index in [-0.39, 0.29) is 5.69 Å². The predicted octanol–water partition coefficient (Wildman–Crippen LogP) is 3.88. The highest BCUT2D eigenvalue weighted by atomic mass is 79.9. The first kappa shape index (κ1) is 17.0. The summed E-state index contributed by atoms with van der Waals surface area (Å²) in [5.41, 5.74) is -0.0860. The number of anilines is 1. The standard InChI is InChI=1S/C14H10BrF3N4OS/c1-22-10(9(15)11(21-22)14(16,17)18)12(23)20-13-7(5-19)6-3-2-4-8(6)24-13/h2-4H2,1H3,(H,20,23). The Hall–Kier alpha value is -1.86. The number of amides is 1. The Kier molecular flexibility index (Phi) is 4.17. The van der Waals surface area contributed by atoms with Gasteiger partial charge in [0, 0.05) is 11.9 Å². The summed E-state index contributed by atoms with van der Waals surface area (Å²) in [5, 5.41) is 15.6. The van der Waals surface area contributed by atoms with Gasteiger partial charge in [-0.15, -0.1) is 11.3 Å². The van der Waals surface area contributed by atoms with Gasteiger partial charge in [0.2, 0.25) is 0 Å².